The molecule has 246 valence electrons. The van der Waals surface area contributed by atoms with Crippen molar-refractivity contribution in [3.63, 3.8) is 0 Å². The van der Waals surface area contributed by atoms with Gasteiger partial charge in [-0.15, -0.1) is 11.8 Å². The quantitative estimate of drug-likeness (QED) is 0.176. The van der Waals surface area contributed by atoms with Crippen molar-refractivity contribution in [3.05, 3.63) is 115 Å². The highest BCUT2D eigenvalue weighted by Gasteiger charge is 2.69. The van der Waals surface area contributed by atoms with Crippen molar-refractivity contribution in [1.82, 2.24) is 4.98 Å². The largest absolute Gasteiger partial charge is 0.483 e. The minimum absolute atomic E-state index is 0.000188. The van der Waals surface area contributed by atoms with E-state index in [1.165, 1.54) is 16.2 Å². The molecule has 8 nitrogen and oxygen atoms in total. The Morgan fingerprint density at radius 3 is 2.49 bits per heavy atom. The summed E-state index contributed by atoms with van der Waals surface area (Å²) in [6, 6.07) is 27.0. The van der Waals surface area contributed by atoms with Crippen LogP contribution in [0.3, 0.4) is 0 Å². The first-order chi connectivity index (χ1) is 23.7. The summed E-state index contributed by atoms with van der Waals surface area (Å²) >= 11 is 6.49. The van der Waals surface area contributed by atoms with E-state index in [-0.39, 0.29) is 64.0 Å². The summed E-state index contributed by atoms with van der Waals surface area (Å²) in [4.78, 5) is 59.3. The van der Waals surface area contributed by atoms with Gasteiger partial charge in [-0.25, -0.2) is 0 Å². The fourth-order valence-electron chi connectivity index (χ4n) is 8.81. The molecule has 4 aromatic carbocycles. The van der Waals surface area contributed by atoms with Crippen LogP contribution in [0.1, 0.15) is 28.3 Å². The van der Waals surface area contributed by atoms with E-state index in [0.29, 0.717) is 17.1 Å². The molecule has 11 heteroatoms. The first kappa shape index (κ1) is 30.8. The number of nitrogens with one attached hydrogen (secondary N) is 2. The van der Waals surface area contributed by atoms with E-state index in [0.717, 1.165) is 42.7 Å². The number of halogens is 1. The van der Waals surface area contributed by atoms with Crippen molar-refractivity contribution in [2.75, 3.05) is 16.8 Å². The summed E-state index contributed by atoms with van der Waals surface area (Å²) in [6.07, 6.45) is 0.783. The van der Waals surface area contributed by atoms with E-state index in [1.54, 1.807) is 11.8 Å². The van der Waals surface area contributed by atoms with Crippen LogP contribution in [0, 0.1) is 36.5 Å². The first-order valence-corrected chi connectivity index (χ1v) is 18.8. The van der Waals surface area contributed by atoms with Crippen LogP contribution in [-0.2, 0) is 14.4 Å². The van der Waals surface area contributed by atoms with E-state index in [4.69, 9.17) is 4.74 Å². The number of H-pyrrole nitrogens is 1. The normalized spacial score (nSPS) is 26.5. The minimum atomic E-state index is -0.412. The molecule has 2 aliphatic heterocycles. The molecule has 7 atom stereocenters. The van der Waals surface area contributed by atoms with E-state index in [2.05, 4.69) is 26.2 Å². The van der Waals surface area contributed by atoms with Crippen LogP contribution in [0.15, 0.2) is 99.2 Å². The third-order valence-corrected chi connectivity index (χ3v) is 13.8. The van der Waals surface area contributed by atoms with Crippen molar-refractivity contribution >= 4 is 78.9 Å². The fourth-order valence-corrected chi connectivity index (χ4v) is 12.1. The van der Waals surface area contributed by atoms with Gasteiger partial charge in [0.25, 0.3) is 5.91 Å². The number of benzene rings is 4. The number of ether oxygens (including phenoxy) is 1. The topological polar surface area (TPSA) is 109 Å². The number of aryl methyl sites for hydroxylation is 1. The Morgan fingerprint density at radius 1 is 0.939 bits per heavy atom. The summed E-state index contributed by atoms with van der Waals surface area (Å²) in [7, 11) is 0. The van der Waals surface area contributed by atoms with Crippen LogP contribution in [0.25, 0.3) is 10.8 Å². The number of amides is 3. The van der Waals surface area contributed by atoms with Gasteiger partial charge in [0.05, 0.1) is 22.5 Å². The number of anilines is 2. The third kappa shape index (κ3) is 5.00. The van der Waals surface area contributed by atoms with Gasteiger partial charge in [0, 0.05) is 31.8 Å². The molecule has 4 aliphatic rings. The smallest absolute Gasteiger partial charge is 0.305 e. The zero-order valence-corrected chi connectivity index (χ0v) is 29.4. The number of carbonyl (C=O) groups is 3. The molecule has 2 bridgehead atoms. The maximum Gasteiger partial charge on any atom is 0.305 e. The van der Waals surface area contributed by atoms with Gasteiger partial charge in [0.1, 0.15) is 5.75 Å². The monoisotopic (exact) mass is 751 g/mol. The molecule has 1 aromatic heterocycles. The van der Waals surface area contributed by atoms with Crippen molar-refractivity contribution in [1.29, 1.82) is 0 Å². The van der Waals surface area contributed by atoms with Gasteiger partial charge < -0.3 is 15.0 Å². The Hall–Kier alpha value is -4.19. The zero-order valence-electron chi connectivity index (χ0n) is 26.2. The SMILES string of the molecule is Cc1ccc(N2C(=O)C3C4CC(C3C2=O)C2C4Sc3[nH]c(=O)sc3[C@@H]2c2cc(Br)ccc2OCC(=O)Nc2ccc3ccccc3c2)cc1. The van der Waals surface area contributed by atoms with Gasteiger partial charge in [-0.2, -0.15) is 0 Å². The molecule has 3 amide bonds. The zero-order chi connectivity index (χ0) is 33.6. The second-order valence-corrected chi connectivity index (χ2v) is 16.5. The van der Waals surface area contributed by atoms with Gasteiger partial charge in [-0.3, -0.25) is 24.1 Å². The number of thiazole rings is 1. The second-order valence-electron chi connectivity index (χ2n) is 13.4. The van der Waals surface area contributed by atoms with Gasteiger partial charge in [0.15, 0.2) is 6.61 Å². The lowest BCUT2D eigenvalue weighted by atomic mass is 9.68. The number of aromatic nitrogens is 1. The average molecular weight is 753 g/mol. The first-order valence-electron chi connectivity index (χ1n) is 16.3. The molecular weight excluding hydrogens is 722 g/mol. The summed E-state index contributed by atoms with van der Waals surface area (Å²) in [6.45, 7) is 1.77. The standard InChI is InChI=1S/C38H30BrN3O5S2/c1-18-6-11-23(12-7-18)42-36(44)31-25-16-26(32(31)37(42)45)33-30(25)29(34-35(48-33)41-38(46)49-34)24-15-21(39)9-13-27(24)47-17-28(43)40-22-10-8-19-4-2-3-5-20(19)14-22/h2-15,25-26,29-33H,16-17H2,1H3,(H,40,43)(H,41,46)/t25?,26?,29-,30?,31?,32?,33?/m1/s1. The molecule has 2 N–H and O–H groups in total. The molecule has 0 radical (unpaired) electrons. The summed E-state index contributed by atoms with van der Waals surface area (Å²) in [5, 5.41) is 5.92. The lowest BCUT2D eigenvalue weighted by Crippen LogP contribution is -2.42. The van der Waals surface area contributed by atoms with Crippen LogP contribution in [0.5, 0.6) is 5.75 Å². The van der Waals surface area contributed by atoms with Crippen LogP contribution in [0.4, 0.5) is 11.4 Å². The number of carbonyl (C=O) groups excluding carboxylic acids is 3. The van der Waals surface area contributed by atoms with Crippen molar-refractivity contribution in [2.24, 2.45) is 29.6 Å². The molecule has 3 fully saturated rings. The number of rotatable bonds is 6. The van der Waals surface area contributed by atoms with Gasteiger partial charge in [0.2, 0.25) is 11.8 Å². The molecule has 3 heterocycles. The predicted molar refractivity (Wildman–Crippen MR) is 194 cm³/mol. The number of thioether (sulfide) groups is 1. The van der Waals surface area contributed by atoms with E-state index < -0.39 is 5.92 Å². The summed E-state index contributed by atoms with van der Waals surface area (Å²) < 4.78 is 7.12. The number of hydrogen-bond acceptors (Lipinski definition) is 7. The average Bonchev–Trinajstić information content (AvgIpc) is 3.83. The number of imide groups is 1. The van der Waals surface area contributed by atoms with Gasteiger partial charge >= 0.3 is 4.87 Å². The molecule has 9 rings (SSSR count). The Kier molecular flexibility index (Phi) is 7.37. The van der Waals surface area contributed by atoms with Crippen molar-refractivity contribution in [2.45, 2.75) is 29.5 Å². The minimum Gasteiger partial charge on any atom is -0.483 e. The third-order valence-electron chi connectivity index (χ3n) is 10.7. The van der Waals surface area contributed by atoms with Crippen LogP contribution in [0.2, 0.25) is 0 Å². The Labute approximate surface area is 298 Å². The van der Waals surface area contributed by atoms with E-state index in [9.17, 15) is 19.2 Å². The summed E-state index contributed by atoms with van der Waals surface area (Å²) in [5.74, 6) is -1.08. The molecule has 6 unspecified atom stereocenters. The second kappa shape index (κ2) is 11.7. The van der Waals surface area contributed by atoms with E-state index >= 15 is 0 Å². The van der Waals surface area contributed by atoms with E-state index in [1.807, 2.05) is 91.9 Å². The van der Waals surface area contributed by atoms with Crippen molar-refractivity contribution < 1.29 is 19.1 Å². The number of hydrogen-bond donors (Lipinski definition) is 2. The highest BCUT2D eigenvalue weighted by molar-refractivity contribution is 9.10. The highest BCUT2D eigenvalue weighted by Crippen LogP contribution is 2.69. The molecular formula is C38H30BrN3O5S2. The molecule has 0 spiro atoms. The van der Waals surface area contributed by atoms with Crippen LogP contribution in [-0.4, -0.2) is 34.6 Å². The van der Waals surface area contributed by atoms with Crippen molar-refractivity contribution in [3.8, 4) is 5.75 Å². The Morgan fingerprint density at radius 2 is 1.69 bits per heavy atom. The Bertz CT molecular complexity index is 2250. The molecule has 2 aliphatic carbocycles. The fraction of sp³-hybridized carbons (Fsp3) is 0.263. The molecule has 2 saturated carbocycles. The number of aromatic amines is 1. The Balaban J connectivity index is 1.04. The maximum absolute atomic E-state index is 14.1. The maximum atomic E-state index is 14.1. The highest BCUT2D eigenvalue weighted by atomic mass is 79.9. The number of nitrogens with zero attached hydrogens (tertiary/aromatic N) is 1. The van der Waals surface area contributed by atoms with Crippen LogP contribution < -0.4 is 19.8 Å². The van der Waals surface area contributed by atoms with Crippen LogP contribution >= 0.6 is 39.0 Å². The summed E-state index contributed by atoms with van der Waals surface area (Å²) in [5.41, 5.74) is 3.22. The van der Waals surface area contributed by atoms with Gasteiger partial charge in [-0.1, -0.05) is 75.3 Å². The van der Waals surface area contributed by atoms with Gasteiger partial charge in [-0.05, 0) is 84.3 Å². The molecule has 5 aromatic rings. The molecule has 1 saturated heterocycles. The predicted octanol–water partition coefficient (Wildman–Crippen LogP) is 7.36. The number of fused-ring (bicyclic) bond motifs is 10. The lowest BCUT2D eigenvalue weighted by molar-refractivity contribution is -0.123. The molecule has 49 heavy (non-hydrogen) atoms. The lowest BCUT2D eigenvalue weighted by Gasteiger charge is -2.43.